The van der Waals surface area contributed by atoms with E-state index in [-0.39, 0.29) is 5.82 Å². The molecule has 0 aliphatic rings. The fraction of sp³-hybridized carbons (Fsp3) is 0.250. The zero-order valence-corrected chi connectivity index (χ0v) is 8.22. The van der Waals surface area contributed by atoms with Gasteiger partial charge >= 0.3 is 0 Å². The highest BCUT2D eigenvalue weighted by atomic mass is 19.1. The van der Waals surface area contributed by atoms with Gasteiger partial charge < -0.3 is 0 Å². The first-order valence-electron chi connectivity index (χ1n) is 4.62. The van der Waals surface area contributed by atoms with Crippen LogP contribution in [0.5, 0.6) is 0 Å². The highest BCUT2D eigenvalue weighted by molar-refractivity contribution is 5.76. The van der Waals surface area contributed by atoms with Crippen molar-refractivity contribution in [2.45, 2.75) is 19.8 Å². The minimum atomic E-state index is -0.368. The molecule has 0 radical (unpaired) electrons. The molecule has 0 fully saturated rings. The van der Waals surface area contributed by atoms with E-state index < -0.39 is 0 Å². The summed E-state index contributed by atoms with van der Waals surface area (Å²) < 4.78 is 13.4. The summed E-state index contributed by atoms with van der Waals surface area (Å²) in [7, 11) is 0. The van der Waals surface area contributed by atoms with Crippen molar-refractivity contribution in [1.82, 2.24) is 0 Å². The molecule has 1 aromatic rings. The molecule has 0 bridgehead atoms. The summed E-state index contributed by atoms with van der Waals surface area (Å²) in [6.45, 7) is 5.82. The molecule has 1 nitrogen and oxygen atoms in total. The molecule has 2 heteroatoms. The second kappa shape index (κ2) is 4.70. The molecule has 1 rings (SSSR count). The Labute approximate surface area is 83.3 Å². The van der Waals surface area contributed by atoms with Gasteiger partial charge in [-0.2, -0.15) is 0 Å². The van der Waals surface area contributed by atoms with Gasteiger partial charge in [0.2, 0.25) is 0 Å². The highest BCUT2D eigenvalue weighted by Gasteiger charge is 2.05. The first-order chi connectivity index (χ1) is 6.69. The number of halogens is 1. The van der Waals surface area contributed by atoms with Crippen LogP contribution in [0.1, 0.15) is 35.7 Å². The van der Waals surface area contributed by atoms with Gasteiger partial charge in [0.25, 0.3) is 0 Å². The SMILES string of the molecule is C=C(CCC)c1ccc(C=O)cc1F. The minimum absolute atomic E-state index is 0.357. The number of allylic oxidation sites excluding steroid dienone is 1. The molecule has 0 unspecified atom stereocenters. The monoisotopic (exact) mass is 192 g/mol. The Morgan fingerprint density at radius 3 is 2.79 bits per heavy atom. The third-order valence-corrected chi connectivity index (χ3v) is 2.06. The molecule has 0 heterocycles. The van der Waals surface area contributed by atoms with Gasteiger partial charge in [0.05, 0.1) is 0 Å². The van der Waals surface area contributed by atoms with Gasteiger partial charge in [-0.1, -0.05) is 32.1 Å². The van der Waals surface area contributed by atoms with Crippen LogP contribution in [0.25, 0.3) is 5.57 Å². The molecule has 14 heavy (non-hydrogen) atoms. The van der Waals surface area contributed by atoms with Crippen LogP contribution < -0.4 is 0 Å². The lowest BCUT2D eigenvalue weighted by Gasteiger charge is -2.05. The smallest absolute Gasteiger partial charge is 0.150 e. The van der Waals surface area contributed by atoms with E-state index in [0.717, 1.165) is 18.4 Å². The number of carbonyl (C=O) groups is 1. The lowest BCUT2D eigenvalue weighted by molar-refractivity contribution is 0.112. The van der Waals surface area contributed by atoms with Crippen LogP contribution in [-0.4, -0.2) is 6.29 Å². The van der Waals surface area contributed by atoms with Crippen molar-refractivity contribution in [1.29, 1.82) is 0 Å². The maximum absolute atomic E-state index is 13.4. The van der Waals surface area contributed by atoms with E-state index in [1.165, 1.54) is 6.07 Å². The molecule has 0 saturated heterocycles. The van der Waals surface area contributed by atoms with Crippen molar-refractivity contribution >= 4 is 11.9 Å². The van der Waals surface area contributed by atoms with Crippen LogP contribution in [-0.2, 0) is 0 Å². The molecule has 1 aromatic carbocycles. The fourth-order valence-electron chi connectivity index (χ4n) is 1.33. The first-order valence-corrected chi connectivity index (χ1v) is 4.62. The Bertz CT molecular complexity index is 355. The standard InChI is InChI=1S/C12H13FO/c1-3-4-9(2)11-6-5-10(8-14)7-12(11)13/h5-8H,2-4H2,1H3. The van der Waals surface area contributed by atoms with Crippen molar-refractivity contribution in [2.75, 3.05) is 0 Å². The average molecular weight is 192 g/mol. The van der Waals surface area contributed by atoms with E-state index in [1.54, 1.807) is 12.1 Å². The Morgan fingerprint density at radius 1 is 1.57 bits per heavy atom. The normalized spacial score (nSPS) is 9.86. The maximum Gasteiger partial charge on any atom is 0.150 e. The van der Waals surface area contributed by atoms with Crippen LogP contribution in [0.3, 0.4) is 0 Å². The van der Waals surface area contributed by atoms with Crippen molar-refractivity contribution in [3.63, 3.8) is 0 Å². The van der Waals surface area contributed by atoms with Gasteiger partial charge in [0.1, 0.15) is 12.1 Å². The van der Waals surface area contributed by atoms with Gasteiger partial charge in [-0.05, 0) is 18.1 Å². The number of hydrogen-bond donors (Lipinski definition) is 0. The lowest BCUT2D eigenvalue weighted by atomic mass is 10.0. The van der Waals surface area contributed by atoms with Gasteiger partial charge in [-0.15, -0.1) is 0 Å². The molecule has 74 valence electrons. The molecular weight excluding hydrogens is 179 g/mol. The molecule has 0 aromatic heterocycles. The van der Waals surface area contributed by atoms with Crippen molar-refractivity contribution in [3.05, 3.63) is 41.7 Å². The van der Waals surface area contributed by atoms with Crippen LogP contribution in [0.2, 0.25) is 0 Å². The summed E-state index contributed by atoms with van der Waals surface area (Å²) in [6.07, 6.45) is 2.35. The molecule has 0 amide bonds. The zero-order valence-electron chi connectivity index (χ0n) is 8.22. The Hall–Kier alpha value is -1.44. The van der Waals surface area contributed by atoms with Crippen molar-refractivity contribution in [2.24, 2.45) is 0 Å². The second-order valence-electron chi connectivity index (χ2n) is 3.21. The Morgan fingerprint density at radius 2 is 2.29 bits per heavy atom. The fourth-order valence-corrected chi connectivity index (χ4v) is 1.33. The molecule has 0 N–H and O–H groups in total. The summed E-state index contributed by atoms with van der Waals surface area (Å²) >= 11 is 0. The van der Waals surface area contributed by atoms with E-state index in [0.29, 0.717) is 17.4 Å². The van der Waals surface area contributed by atoms with Crippen LogP contribution in [0.4, 0.5) is 4.39 Å². The summed E-state index contributed by atoms with van der Waals surface area (Å²) in [5.41, 5.74) is 1.65. The number of rotatable bonds is 4. The predicted molar refractivity (Wildman–Crippen MR) is 55.7 cm³/mol. The summed E-state index contributed by atoms with van der Waals surface area (Å²) in [5, 5.41) is 0. The molecular formula is C12H13FO. The topological polar surface area (TPSA) is 17.1 Å². The van der Waals surface area contributed by atoms with Crippen LogP contribution in [0.15, 0.2) is 24.8 Å². The highest BCUT2D eigenvalue weighted by Crippen LogP contribution is 2.21. The van der Waals surface area contributed by atoms with E-state index in [1.807, 2.05) is 6.92 Å². The lowest BCUT2D eigenvalue weighted by Crippen LogP contribution is -1.91. The number of hydrogen-bond acceptors (Lipinski definition) is 1. The van der Waals surface area contributed by atoms with Crippen LogP contribution in [0, 0.1) is 5.82 Å². The molecule has 0 atom stereocenters. The predicted octanol–water partition coefficient (Wildman–Crippen LogP) is 3.45. The van der Waals surface area contributed by atoms with E-state index in [2.05, 4.69) is 6.58 Å². The summed E-state index contributed by atoms with van der Waals surface area (Å²) in [6, 6.07) is 4.45. The minimum Gasteiger partial charge on any atom is -0.298 e. The van der Waals surface area contributed by atoms with Gasteiger partial charge in [-0.25, -0.2) is 4.39 Å². The zero-order chi connectivity index (χ0) is 10.6. The largest absolute Gasteiger partial charge is 0.298 e. The number of aldehydes is 1. The molecule has 0 aliphatic carbocycles. The number of benzene rings is 1. The molecule has 0 spiro atoms. The quantitative estimate of drug-likeness (QED) is 0.668. The van der Waals surface area contributed by atoms with Gasteiger partial charge in [-0.3, -0.25) is 4.79 Å². The maximum atomic E-state index is 13.4. The average Bonchev–Trinajstić information content (AvgIpc) is 2.17. The first kappa shape index (κ1) is 10.6. The third-order valence-electron chi connectivity index (χ3n) is 2.06. The Balaban J connectivity index is 2.99. The second-order valence-corrected chi connectivity index (χ2v) is 3.21. The van der Waals surface area contributed by atoms with Gasteiger partial charge in [0, 0.05) is 11.1 Å². The van der Waals surface area contributed by atoms with Crippen molar-refractivity contribution in [3.8, 4) is 0 Å². The van der Waals surface area contributed by atoms with E-state index in [4.69, 9.17) is 0 Å². The molecule has 0 aliphatic heterocycles. The van der Waals surface area contributed by atoms with Gasteiger partial charge in [0.15, 0.2) is 0 Å². The number of carbonyl (C=O) groups excluding carboxylic acids is 1. The molecule has 0 saturated carbocycles. The van der Waals surface area contributed by atoms with Crippen LogP contribution >= 0.6 is 0 Å². The van der Waals surface area contributed by atoms with E-state index >= 15 is 0 Å². The Kier molecular flexibility index (Phi) is 3.57. The van der Waals surface area contributed by atoms with Crippen molar-refractivity contribution < 1.29 is 9.18 Å². The summed E-state index contributed by atoms with van der Waals surface area (Å²) in [5.74, 6) is -0.368. The van der Waals surface area contributed by atoms with E-state index in [9.17, 15) is 9.18 Å². The third kappa shape index (κ3) is 2.28. The summed E-state index contributed by atoms with van der Waals surface area (Å²) in [4.78, 5) is 10.4.